The van der Waals surface area contributed by atoms with E-state index in [1.54, 1.807) is 24.1 Å². The smallest absolute Gasteiger partial charge is 0.281 e. The molecule has 1 heterocycles. The average molecular weight is 373 g/mol. The van der Waals surface area contributed by atoms with Gasteiger partial charge in [-0.25, -0.2) is 4.39 Å². The molecular weight excluding hydrogens is 345 g/mol. The number of hydrogen-bond acceptors (Lipinski definition) is 2. The molecule has 0 saturated carbocycles. The van der Waals surface area contributed by atoms with Crippen LogP contribution in [0.4, 0.5) is 10.1 Å². The number of hydrogen-bond donors (Lipinski definition) is 2. The highest BCUT2D eigenvalue weighted by molar-refractivity contribution is 5.93. The molecule has 2 aromatic rings. The van der Waals surface area contributed by atoms with Crippen molar-refractivity contribution in [1.82, 2.24) is 0 Å². The average Bonchev–Trinajstić information content (AvgIpc) is 2.70. The van der Waals surface area contributed by atoms with Gasteiger partial charge >= 0.3 is 0 Å². The van der Waals surface area contributed by atoms with Crippen LogP contribution < -0.4 is 19.4 Å². The summed E-state index contributed by atoms with van der Waals surface area (Å²) in [4.78, 5) is 17.0. The Morgan fingerprint density at radius 3 is 2.41 bits per heavy atom. The van der Waals surface area contributed by atoms with E-state index in [1.807, 2.05) is 37.4 Å². The van der Waals surface area contributed by atoms with Crippen molar-refractivity contribution >= 4 is 11.6 Å². The molecule has 0 spiro atoms. The number of anilines is 1. The minimum absolute atomic E-state index is 0.131. The first kappa shape index (κ1) is 19.3. The molecule has 1 amide bonds. The molecule has 27 heavy (non-hydrogen) atoms. The van der Waals surface area contributed by atoms with Gasteiger partial charge in [-0.1, -0.05) is 18.2 Å². The molecule has 3 rings (SSSR count). The van der Waals surface area contributed by atoms with Crippen LogP contribution in [0.1, 0.15) is 5.56 Å². The molecule has 0 aromatic heterocycles. The van der Waals surface area contributed by atoms with Crippen molar-refractivity contribution in [2.45, 2.75) is 6.54 Å². The Labute approximate surface area is 159 Å². The molecule has 0 aliphatic carbocycles. The third-order valence-corrected chi connectivity index (χ3v) is 5.27. The Morgan fingerprint density at radius 2 is 1.74 bits per heavy atom. The summed E-state index contributed by atoms with van der Waals surface area (Å²) >= 11 is 0. The zero-order valence-electron chi connectivity index (χ0n) is 16.0. The van der Waals surface area contributed by atoms with E-state index in [2.05, 4.69) is 0 Å². The van der Waals surface area contributed by atoms with Gasteiger partial charge in [-0.15, -0.1) is 0 Å². The maximum Gasteiger partial charge on any atom is 0.281 e. The van der Waals surface area contributed by atoms with Crippen molar-refractivity contribution in [3.05, 3.63) is 59.9 Å². The SMILES string of the molecule is COc1ccc(F)cc1C[NH+]1CC[NH+](CC(=O)N(C)c2ccccc2)CC1. The second-order valence-electron chi connectivity index (χ2n) is 7.10. The van der Waals surface area contributed by atoms with E-state index < -0.39 is 0 Å². The first-order chi connectivity index (χ1) is 13.1. The lowest BCUT2D eigenvalue weighted by molar-refractivity contribution is -1.02. The van der Waals surface area contributed by atoms with Crippen LogP contribution in [-0.2, 0) is 11.3 Å². The maximum atomic E-state index is 13.5. The summed E-state index contributed by atoms with van der Waals surface area (Å²) in [5.74, 6) is 0.633. The number of rotatable bonds is 6. The molecule has 1 fully saturated rings. The quantitative estimate of drug-likeness (QED) is 0.735. The highest BCUT2D eigenvalue weighted by atomic mass is 19.1. The molecule has 0 unspecified atom stereocenters. The van der Waals surface area contributed by atoms with Gasteiger partial charge in [0.2, 0.25) is 0 Å². The summed E-state index contributed by atoms with van der Waals surface area (Å²) in [5.41, 5.74) is 1.82. The molecule has 1 saturated heterocycles. The maximum absolute atomic E-state index is 13.5. The van der Waals surface area contributed by atoms with Gasteiger partial charge in [0.25, 0.3) is 5.91 Å². The zero-order chi connectivity index (χ0) is 19.2. The van der Waals surface area contributed by atoms with Gasteiger partial charge in [0.05, 0.1) is 12.7 Å². The van der Waals surface area contributed by atoms with Crippen molar-refractivity contribution in [1.29, 1.82) is 0 Å². The molecule has 6 heteroatoms. The fraction of sp³-hybridized carbons (Fsp3) is 0.381. The van der Waals surface area contributed by atoms with Crippen LogP contribution in [0, 0.1) is 5.82 Å². The number of nitrogens with one attached hydrogen (secondary N) is 2. The monoisotopic (exact) mass is 373 g/mol. The normalized spacial score (nSPS) is 19.5. The van der Waals surface area contributed by atoms with Gasteiger partial charge in [-0.05, 0) is 30.3 Å². The predicted molar refractivity (Wildman–Crippen MR) is 103 cm³/mol. The van der Waals surface area contributed by atoms with Gasteiger partial charge in [-0.3, -0.25) is 4.79 Å². The minimum atomic E-state index is -0.232. The van der Waals surface area contributed by atoms with Gasteiger partial charge in [-0.2, -0.15) is 0 Å². The van der Waals surface area contributed by atoms with Gasteiger partial charge in [0.15, 0.2) is 6.54 Å². The lowest BCUT2D eigenvalue weighted by Crippen LogP contribution is -3.28. The van der Waals surface area contributed by atoms with Crippen LogP contribution in [0.2, 0.25) is 0 Å². The fourth-order valence-corrected chi connectivity index (χ4v) is 3.59. The summed E-state index contributed by atoms with van der Waals surface area (Å²) in [5, 5.41) is 0. The third-order valence-electron chi connectivity index (χ3n) is 5.27. The largest absolute Gasteiger partial charge is 0.496 e. The van der Waals surface area contributed by atoms with Crippen molar-refractivity contribution in [3.8, 4) is 5.75 Å². The molecular formula is C21H28FN3O2+2. The first-order valence-corrected chi connectivity index (χ1v) is 9.38. The number of quaternary nitrogens is 2. The van der Waals surface area contributed by atoms with E-state index in [9.17, 15) is 9.18 Å². The number of methoxy groups -OCH3 is 1. The Kier molecular flexibility index (Phi) is 6.42. The van der Waals surface area contributed by atoms with Crippen LogP contribution >= 0.6 is 0 Å². The van der Waals surface area contributed by atoms with Crippen LogP contribution in [0.25, 0.3) is 0 Å². The Balaban J connectivity index is 1.50. The van der Waals surface area contributed by atoms with Crippen molar-refractivity contribution in [3.63, 3.8) is 0 Å². The van der Waals surface area contributed by atoms with Crippen molar-refractivity contribution in [2.24, 2.45) is 0 Å². The Bertz CT molecular complexity index is 761. The number of likely N-dealkylation sites (N-methyl/N-ethyl adjacent to an activating group) is 1. The number of piperazine rings is 1. The fourth-order valence-electron chi connectivity index (χ4n) is 3.59. The number of nitrogens with zero attached hydrogens (tertiary/aromatic N) is 1. The van der Waals surface area contributed by atoms with Gasteiger partial charge in [0, 0.05) is 12.7 Å². The van der Waals surface area contributed by atoms with Crippen molar-refractivity contribution in [2.75, 3.05) is 51.8 Å². The summed E-state index contributed by atoms with van der Waals surface area (Å²) in [6, 6.07) is 14.4. The first-order valence-electron chi connectivity index (χ1n) is 9.38. The molecule has 0 atom stereocenters. The zero-order valence-corrected chi connectivity index (χ0v) is 16.0. The second-order valence-corrected chi connectivity index (χ2v) is 7.10. The lowest BCUT2D eigenvalue weighted by atomic mass is 10.1. The van der Waals surface area contributed by atoms with Crippen LogP contribution in [-0.4, -0.2) is 52.8 Å². The highest BCUT2D eigenvalue weighted by Gasteiger charge is 2.27. The topological polar surface area (TPSA) is 38.4 Å². The number of benzene rings is 2. The van der Waals surface area contributed by atoms with Crippen LogP contribution in [0.3, 0.4) is 0 Å². The number of amides is 1. The van der Waals surface area contributed by atoms with E-state index in [4.69, 9.17) is 4.74 Å². The lowest BCUT2D eigenvalue weighted by Gasteiger charge is -2.30. The summed E-state index contributed by atoms with van der Waals surface area (Å²) in [6.45, 7) is 5.02. The summed E-state index contributed by atoms with van der Waals surface area (Å²) in [7, 11) is 3.44. The number of carbonyl (C=O) groups is 1. The molecule has 2 aromatic carbocycles. The number of carbonyl (C=O) groups excluding carboxylic acids is 1. The molecule has 1 aliphatic heterocycles. The predicted octanol–water partition coefficient (Wildman–Crippen LogP) is -0.219. The van der Waals surface area contributed by atoms with E-state index in [0.29, 0.717) is 6.54 Å². The van der Waals surface area contributed by atoms with Crippen LogP contribution in [0.15, 0.2) is 48.5 Å². The molecule has 1 aliphatic rings. The minimum Gasteiger partial charge on any atom is -0.496 e. The standard InChI is InChI=1S/C21H26FN3O2/c1-23(19-6-4-3-5-7-19)21(26)16-25-12-10-24(11-13-25)15-17-14-18(22)8-9-20(17)27-2/h3-9,14H,10-13,15-16H2,1-2H3/p+2. The molecule has 0 radical (unpaired) electrons. The van der Waals surface area contributed by atoms with Gasteiger partial charge < -0.3 is 19.4 Å². The molecule has 2 N–H and O–H groups in total. The van der Waals surface area contributed by atoms with Crippen molar-refractivity contribution < 1.29 is 23.7 Å². The molecule has 0 bridgehead atoms. The van der Waals surface area contributed by atoms with Crippen LogP contribution in [0.5, 0.6) is 5.75 Å². The number of halogens is 1. The third kappa shape index (κ3) is 5.05. The number of para-hydroxylation sites is 1. The highest BCUT2D eigenvalue weighted by Crippen LogP contribution is 2.18. The Hall–Kier alpha value is -2.44. The molecule has 5 nitrogen and oxygen atoms in total. The summed E-state index contributed by atoms with van der Waals surface area (Å²) in [6.07, 6.45) is 0. The van der Waals surface area contributed by atoms with E-state index in [1.165, 1.54) is 15.9 Å². The molecule has 144 valence electrons. The summed E-state index contributed by atoms with van der Waals surface area (Å²) < 4.78 is 18.9. The Morgan fingerprint density at radius 1 is 1.07 bits per heavy atom. The van der Waals surface area contributed by atoms with Gasteiger partial charge in [0.1, 0.15) is 44.3 Å². The second kappa shape index (κ2) is 8.97. The van der Waals surface area contributed by atoms with E-state index >= 15 is 0 Å². The van der Waals surface area contributed by atoms with E-state index in [0.717, 1.165) is 49.7 Å². The van der Waals surface area contributed by atoms with E-state index in [-0.39, 0.29) is 11.7 Å². The number of ether oxygens (including phenoxy) is 1.